The maximum absolute atomic E-state index is 11.4. The number of hydrogen-bond acceptors (Lipinski definition) is 4. The van der Waals surface area contributed by atoms with Gasteiger partial charge in [-0.15, -0.1) is 0 Å². The van der Waals surface area contributed by atoms with E-state index in [1.165, 1.54) is 0 Å². The zero-order chi connectivity index (χ0) is 13.2. The van der Waals surface area contributed by atoms with Gasteiger partial charge in [-0.1, -0.05) is 0 Å². The van der Waals surface area contributed by atoms with Crippen molar-refractivity contribution in [3.63, 3.8) is 0 Å². The van der Waals surface area contributed by atoms with Crippen LogP contribution in [0.2, 0.25) is 0 Å². The van der Waals surface area contributed by atoms with Crippen molar-refractivity contribution < 1.29 is 9.21 Å². The van der Waals surface area contributed by atoms with Gasteiger partial charge in [-0.3, -0.25) is 4.79 Å². The van der Waals surface area contributed by atoms with Crippen LogP contribution in [-0.4, -0.2) is 5.91 Å². The average molecular weight is 257 g/mol. The molecule has 19 heavy (non-hydrogen) atoms. The first-order valence-electron chi connectivity index (χ1n) is 6.21. The summed E-state index contributed by atoms with van der Waals surface area (Å²) in [5.41, 5.74) is 9.42. The highest BCUT2D eigenvalue weighted by Gasteiger charge is 2.16. The fourth-order valence-corrected chi connectivity index (χ4v) is 2.20. The van der Waals surface area contributed by atoms with Crippen LogP contribution in [-0.2, 0) is 17.8 Å². The summed E-state index contributed by atoms with van der Waals surface area (Å²) in [6.45, 7) is 0.559. The first kappa shape index (κ1) is 11.6. The molecule has 98 valence electrons. The van der Waals surface area contributed by atoms with E-state index in [0.717, 1.165) is 29.1 Å². The van der Waals surface area contributed by atoms with Crippen molar-refractivity contribution in [2.45, 2.75) is 19.4 Å². The number of aryl methyl sites for hydroxylation is 1. The highest BCUT2D eigenvalue weighted by atomic mass is 16.3. The van der Waals surface area contributed by atoms with Crippen molar-refractivity contribution in [3.05, 3.63) is 41.9 Å². The van der Waals surface area contributed by atoms with E-state index < -0.39 is 0 Å². The summed E-state index contributed by atoms with van der Waals surface area (Å²) in [7, 11) is 0. The quantitative estimate of drug-likeness (QED) is 0.737. The smallest absolute Gasteiger partial charge is 0.224 e. The summed E-state index contributed by atoms with van der Waals surface area (Å²) in [4.78, 5) is 11.4. The van der Waals surface area contributed by atoms with E-state index in [0.29, 0.717) is 18.7 Å². The first-order valence-corrected chi connectivity index (χ1v) is 6.21. The standard InChI is InChI=1S/C14H15N3O2/c15-11-6-9-3-4-14(18)17-12(9)7-13(11)16-8-10-2-1-5-19-10/h1-2,5-7,16H,3-4,8,15H2,(H,17,18). The number of carbonyl (C=O) groups excluding carboxylic acids is 1. The van der Waals surface area contributed by atoms with Crippen LogP contribution in [0.1, 0.15) is 17.7 Å². The van der Waals surface area contributed by atoms with Crippen LogP contribution in [0.4, 0.5) is 17.1 Å². The molecule has 1 aromatic carbocycles. The monoisotopic (exact) mass is 257 g/mol. The number of fused-ring (bicyclic) bond motifs is 1. The number of anilines is 3. The third-order valence-electron chi connectivity index (χ3n) is 3.20. The van der Waals surface area contributed by atoms with Crippen LogP contribution in [0.15, 0.2) is 34.9 Å². The maximum atomic E-state index is 11.4. The van der Waals surface area contributed by atoms with Crippen molar-refractivity contribution in [2.75, 3.05) is 16.4 Å². The lowest BCUT2D eigenvalue weighted by molar-refractivity contribution is -0.116. The van der Waals surface area contributed by atoms with Gasteiger partial charge in [0, 0.05) is 12.1 Å². The summed E-state index contributed by atoms with van der Waals surface area (Å²) in [6, 6.07) is 7.53. The van der Waals surface area contributed by atoms with Gasteiger partial charge < -0.3 is 20.8 Å². The number of amides is 1. The molecule has 1 aliphatic heterocycles. The molecule has 1 aliphatic rings. The van der Waals surface area contributed by atoms with Crippen molar-refractivity contribution in [1.82, 2.24) is 0 Å². The molecule has 0 unspecified atom stereocenters. The molecule has 0 aliphatic carbocycles. The zero-order valence-corrected chi connectivity index (χ0v) is 10.4. The van der Waals surface area contributed by atoms with Crippen LogP contribution < -0.4 is 16.4 Å². The number of furan rings is 1. The molecule has 0 saturated heterocycles. The van der Waals surface area contributed by atoms with Crippen molar-refractivity contribution in [2.24, 2.45) is 0 Å². The van der Waals surface area contributed by atoms with Crippen LogP contribution >= 0.6 is 0 Å². The first-order chi connectivity index (χ1) is 9.22. The second-order valence-corrected chi connectivity index (χ2v) is 4.58. The molecule has 1 amide bonds. The number of nitrogen functional groups attached to an aromatic ring is 1. The highest BCUT2D eigenvalue weighted by molar-refractivity contribution is 5.95. The Labute approximate surface area is 110 Å². The third-order valence-corrected chi connectivity index (χ3v) is 3.20. The fraction of sp³-hybridized carbons (Fsp3) is 0.214. The van der Waals surface area contributed by atoms with Gasteiger partial charge in [-0.05, 0) is 36.2 Å². The molecular weight excluding hydrogens is 242 g/mol. The Balaban J connectivity index is 1.81. The van der Waals surface area contributed by atoms with E-state index in [1.54, 1.807) is 6.26 Å². The van der Waals surface area contributed by atoms with Gasteiger partial charge in [0.15, 0.2) is 0 Å². The molecule has 2 heterocycles. The summed E-state index contributed by atoms with van der Waals surface area (Å²) in [6.07, 6.45) is 2.89. The summed E-state index contributed by atoms with van der Waals surface area (Å²) in [5.74, 6) is 0.885. The van der Waals surface area contributed by atoms with Crippen molar-refractivity contribution >= 4 is 23.0 Å². The van der Waals surface area contributed by atoms with E-state index in [1.807, 2.05) is 24.3 Å². The SMILES string of the molecule is Nc1cc2c(cc1NCc1ccco1)NC(=O)CC2. The van der Waals surface area contributed by atoms with Gasteiger partial charge in [0.05, 0.1) is 24.2 Å². The molecule has 4 N–H and O–H groups in total. The summed E-state index contributed by atoms with van der Waals surface area (Å²) < 4.78 is 5.25. The Morgan fingerprint density at radius 3 is 3.05 bits per heavy atom. The molecule has 5 heteroatoms. The Hall–Kier alpha value is -2.43. The minimum Gasteiger partial charge on any atom is -0.467 e. The zero-order valence-electron chi connectivity index (χ0n) is 10.4. The predicted molar refractivity (Wildman–Crippen MR) is 73.8 cm³/mol. The van der Waals surface area contributed by atoms with Crippen LogP contribution in [0.25, 0.3) is 0 Å². The highest BCUT2D eigenvalue weighted by Crippen LogP contribution is 2.31. The Kier molecular flexibility index (Phi) is 2.87. The Morgan fingerprint density at radius 2 is 2.26 bits per heavy atom. The Bertz CT molecular complexity index is 605. The van der Waals surface area contributed by atoms with Gasteiger partial charge in [0.25, 0.3) is 0 Å². The van der Waals surface area contributed by atoms with Gasteiger partial charge >= 0.3 is 0 Å². The summed E-state index contributed by atoms with van der Waals surface area (Å²) in [5, 5.41) is 6.07. The van der Waals surface area contributed by atoms with E-state index in [2.05, 4.69) is 10.6 Å². The van der Waals surface area contributed by atoms with E-state index in [-0.39, 0.29) is 5.91 Å². The molecule has 0 fully saturated rings. The number of nitrogens with one attached hydrogen (secondary N) is 2. The largest absolute Gasteiger partial charge is 0.467 e. The van der Waals surface area contributed by atoms with Gasteiger partial charge in [-0.25, -0.2) is 0 Å². The molecular formula is C14H15N3O2. The molecule has 0 spiro atoms. The van der Waals surface area contributed by atoms with E-state index in [9.17, 15) is 4.79 Å². The lowest BCUT2D eigenvalue weighted by Crippen LogP contribution is -2.19. The van der Waals surface area contributed by atoms with Crippen molar-refractivity contribution in [3.8, 4) is 0 Å². The minimum absolute atomic E-state index is 0.0502. The van der Waals surface area contributed by atoms with Crippen LogP contribution in [0.3, 0.4) is 0 Å². The molecule has 3 rings (SSSR count). The van der Waals surface area contributed by atoms with Gasteiger partial charge in [0.1, 0.15) is 5.76 Å². The number of rotatable bonds is 3. The second kappa shape index (κ2) is 4.68. The van der Waals surface area contributed by atoms with E-state index >= 15 is 0 Å². The fourth-order valence-electron chi connectivity index (χ4n) is 2.20. The number of benzene rings is 1. The number of nitrogens with two attached hydrogens (primary N) is 1. The summed E-state index contributed by atoms with van der Waals surface area (Å²) >= 11 is 0. The molecule has 2 aromatic rings. The molecule has 5 nitrogen and oxygen atoms in total. The number of carbonyl (C=O) groups is 1. The molecule has 1 aromatic heterocycles. The third kappa shape index (κ3) is 2.40. The topological polar surface area (TPSA) is 80.3 Å². The van der Waals surface area contributed by atoms with E-state index in [4.69, 9.17) is 10.2 Å². The second-order valence-electron chi connectivity index (χ2n) is 4.58. The lowest BCUT2D eigenvalue weighted by atomic mass is 10.0. The molecule has 0 radical (unpaired) electrons. The molecule has 0 atom stereocenters. The Morgan fingerprint density at radius 1 is 1.37 bits per heavy atom. The predicted octanol–water partition coefficient (Wildman–Crippen LogP) is 2.36. The lowest BCUT2D eigenvalue weighted by Gasteiger charge is -2.19. The maximum Gasteiger partial charge on any atom is 0.224 e. The van der Waals surface area contributed by atoms with Gasteiger partial charge in [-0.2, -0.15) is 0 Å². The van der Waals surface area contributed by atoms with Crippen LogP contribution in [0, 0.1) is 0 Å². The average Bonchev–Trinajstić information content (AvgIpc) is 2.90. The number of hydrogen-bond donors (Lipinski definition) is 3. The molecule has 0 bridgehead atoms. The minimum atomic E-state index is 0.0502. The van der Waals surface area contributed by atoms with Gasteiger partial charge in [0.2, 0.25) is 5.91 Å². The van der Waals surface area contributed by atoms with Crippen molar-refractivity contribution in [1.29, 1.82) is 0 Å². The van der Waals surface area contributed by atoms with Crippen LogP contribution in [0.5, 0.6) is 0 Å². The normalized spacial score (nSPS) is 13.8. The molecule has 0 saturated carbocycles.